The Hall–Kier alpha value is -3.20. The van der Waals surface area contributed by atoms with Crippen LogP contribution in [0.5, 0.6) is 0 Å². The summed E-state index contributed by atoms with van der Waals surface area (Å²) in [5.41, 5.74) is 2.11. The van der Waals surface area contributed by atoms with Crippen LogP contribution in [0, 0.1) is 0 Å². The topological polar surface area (TPSA) is 118 Å². The summed E-state index contributed by atoms with van der Waals surface area (Å²) in [4.78, 5) is 23.2. The van der Waals surface area contributed by atoms with Crippen LogP contribution in [0.25, 0.3) is 11.4 Å². The van der Waals surface area contributed by atoms with Gasteiger partial charge in [-0.2, -0.15) is 10.1 Å². The van der Waals surface area contributed by atoms with Crippen molar-refractivity contribution in [3.05, 3.63) is 47.5 Å². The van der Waals surface area contributed by atoms with Crippen molar-refractivity contribution in [1.29, 1.82) is 0 Å². The van der Waals surface area contributed by atoms with Gasteiger partial charge in [0, 0.05) is 30.4 Å². The maximum absolute atomic E-state index is 10.6. The summed E-state index contributed by atoms with van der Waals surface area (Å²) in [6.07, 6.45) is 3.74. The van der Waals surface area contributed by atoms with Gasteiger partial charge >= 0.3 is 6.09 Å². The second-order valence-electron chi connectivity index (χ2n) is 5.13. The molecule has 3 aromatic rings. The first-order valence-corrected chi connectivity index (χ1v) is 7.59. The first-order chi connectivity index (χ1) is 12.0. The van der Waals surface area contributed by atoms with E-state index in [4.69, 9.17) is 16.7 Å². The van der Waals surface area contributed by atoms with Crippen LogP contribution in [0.4, 0.5) is 16.4 Å². The average Bonchev–Trinajstić information content (AvgIpc) is 2.98. The van der Waals surface area contributed by atoms with Crippen molar-refractivity contribution in [1.82, 2.24) is 30.0 Å². The molecule has 1 aromatic carbocycles. The Morgan fingerprint density at radius 1 is 1.36 bits per heavy atom. The van der Waals surface area contributed by atoms with E-state index in [0.29, 0.717) is 27.9 Å². The number of carbonyl (C=O) groups is 1. The highest BCUT2D eigenvalue weighted by Gasteiger charge is 2.09. The third kappa shape index (κ3) is 4.21. The first kappa shape index (κ1) is 16.7. The zero-order valence-corrected chi connectivity index (χ0v) is 13.9. The normalized spacial score (nSPS) is 10.5. The van der Waals surface area contributed by atoms with Gasteiger partial charge < -0.3 is 15.7 Å². The second-order valence-corrected chi connectivity index (χ2v) is 5.53. The van der Waals surface area contributed by atoms with Crippen LogP contribution in [0.1, 0.15) is 5.56 Å². The molecule has 25 heavy (non-hydrogen) atoms. The van der Waals surface area contributed by atoms with Gasteiger partial charge in [0.1, 0.15) is 6.33 Å². The minimum Gasteiger partial charge on any atom is -0.465 e. The molecule has 2 aromatic heterocycles. The van der Waals surface area contributed by atoms with Crippen molar-refractivity contribution >= 4 is 29.3 Å². The molecule has 3 N–H and O–H groups in total. The van der Waals surface area contributed by atoms with E-state index in [1.54, 1.807) is 35.3 Å². The van der Waals surface area contributed by atoms with E-state index < -0.39 is 6.09 Å². The summed E-state index contributed by atoms with van der Waals surface area (Å²) in [5, 5.41) is 18.5. The van der Waals surface area contributed by atoms with Crippen molar-refractivity contribution in [3.8, 4) is 11.4 Å². The second kappa shape index (κ2) is 7.14. The number of amides is 1. The number of rotatable bonds is 5. The number of aromatic nitrogens is 5. The van der Waals surface area contributed by atoms with Crippen molar-refractivity contribution in [2.45, 2.75) is 6.54 Å². The van der Waals surface area contributed by atoms with E-state index in [2.05, 4.69) is 30.7 Å². The molecule has 0 aliphatic carbocycles. The lowest BCUT2D eigenvalue weighted by molar-refractivity contribution is 0.194. The van der Waals surface area contributed by atoms with E-state index in [-0.39, 0.29) is 6.54 Å². The van der Waals surface area contributed by atoms with E-state index in [0.717, 1.165) is 5.69 Å². The SMILES string of the molecule is Cn1cc(Nc2ncnc(-c3ccc(CNC(=O)O)c(Cl)c3)n2)cn1. The molecule has 0 atom stereocenters. The molecule has 2 heterocycles. The minimum absolute atomic E-state index is 0.124. The van der Waals surface area contributed by atoms with Crippen molar-refractivity contribution < 1.29 is 9.90 Å². The molecule has 128 valence electrons. The average molecular weight is 360 g/mol. The van der Waals surface area contributed by atoms with Crippen LogP contribution in [0.15, 0.2) is 36.9 Å². The number of hydrogen-bond donors (Lipinski definition) is 3. The van der Waals surface area contributed by atoms with Gasteiger partial charge in [0.2, 0.25) is 5.95 Å². The molecule has 0 saturated heterocycles. The highest BCUT2D eigenvalue weighted by atomic mass is 35.5. The van der Waals surface area contributed by atoms with E-state index in [9.17, 15) is 4.79 Å². The number of aryl methyl sites for hydroxylation is 1. The summed E-state index contributed by atoms with van der Waals surface area (Å²) in [5.74, 6) is 0.826. The highest BCUT2D eigenvalue weighted by Crippen LogP contribution is 2.24. The molecular weight excluding hydrogens is 346 g/mol. The van der Waals surface area contributed by atoms with Gasteiger partial charge in [-0.05, 0) is 11.6 Å². The number of carboxylic acid groups (broad SMARTS) is 1. The van der Waals surface area contributed by atoms with Gasteiger partial charge in [-0.3, -0.25) is 4.68 Å². The number of halogens is 1. The maximum atomic E-state index is 10.6. The lowest BCUT2D eigenvalue weighted by Crippen LogP contribution is -2.20. The largest absolute Gasteiger partial charge is 0.465 e. The van der Waals surface area contributed by atoms with Gasteiger partial charge in [-0.1, -0.05) is 23.7 Å². The van der Waals surface area contributed by atoms with Gasteiger partial charge in [-0.25, -0.2) is 14.8 Å². The fraction of sp³-hybridized carbons (Fsp3) is 0.133. The van der Waals surface area contributed by atoms with Gasteiger partial charge in [-0.15, -0.1) is 0 Å². The number of nitrogens with zero attached hydrogens (tertiary/aromatic N) is 5. The molecule has 0 radical (unpaired) electrons. The predicted octanol–water partition coefficient (Wildman–Crippen LogP) is 2.44. The lowest BCUT2D eigenvalue weighted by atomic mass is 10.1. The minimum atomic E-state index is -1.11. The van der Waals surface area contributed by atoms with E-state index in [1.165, 1.54) is 6.33 Å². The number of benzene rings is 1. The quantitative estimate of drug-likeness (QED) is 0.640. The van der Waals surface area contributed by atoms with Crippen LogP contribution >= 0.6 is 11.6 Å². The van der Waals surface area contributed by atoms with Gasteiger partial charge in [0.25, 0.3) is 0 Å². The molecule has 10 heteroatoms. The Bertz CT molecular complexity index is 912. The Labute approximate surface area is 147 Å². The third-order valence-corrected chi connectivity index (χ3v) is 3.63. The molecule has 0 bridgehead atoms. The Morgan fingerprint density at radius 2 is 2.20 bits per heavy atom. The van der Waals surface area contributed by atoms with Crippen molar-refractivity contribution in [2.75, 3.05) is 5.32 Å². The van der Waals surface area contributed by atoms with Crippen LogP contribution in [-0.2, 0) is 13.6 Å². The fourth-order valence-electron chi connectivity index (χ4n) is 2.11. The lowest BCUT2D eigenvalue weighted by Gasteiger charge is -2.07. The number of anilines is 2. The number of nitrogens with one attached hydrogen (secondary N) is 2. The summed E-state index contributed by atoms with van der Waals surface area (Å²) in [6, 6.07) is 5.18. The molecule has 0 fully saturated rings. The summed E-state index contributed by atoms with van der Waals surface area (Å²) >= 11 is 6.20. The maximum Gasteiger partial charge on any atom is 0.404 e. The van der Waals surface area contributed by atoms with Crippen LogP contribution in [0.3, 0.4) is 0 Å². The molecule has 9 nitrogen and oxygen atoms in total. The smallest absolute Gasteiger partial charge is 0.404 e. The first-order valence-electron chi connectivity index (χ1n) is 7.21. The Kier molecular flexibility index (Phi) is 4.75. The summed E-state index contributed by atoms with van der Waals surface area (Å²) in [6.45, 7) is 0.124. The molecule has 0 aliphatic heterocycles. The van der Waals surface area contributed by atoms with Gasteiger partial charge in [0.05, 0.1) is 11.9 Å². The van der Waals surface area contributed by atoms with Crippen LogP contribution in [-0.4, -0.2) is 35.9 Å². The highest BCUT2D eigenvalue weighted by molar-refractivity contribution is 6.31. The van der Waals surface area contributed by atoms with Crippen LogP contribution in [0.2, 0.25) is 5.02 Å². The van der Waals surface area contributed by atoms with Gasteiger partial charge in [0.15, 0.2) is 5.82 Å². The summed E-state index contributed by atoms with van der Waals surface area (Å²) < 4.78 is 1.66. The predicted molar refractivity (Wildman–Crippen MR) is 91.6 cm³/mol. The Balaban J connectivity index is 1.80. The molecule has 0 unspecified atom stereocenters. The van der Waals surface area contributed by atoms with Crippen LogP contribution < -0.4 is 10.6 Å². The van der Waals surface area contributed by atoms with E-state index in [1.807, 2.05) is 7.05 Å². The summed E-state index contributed by atoms with van der Waals surface area (Å²) in [7, 11) is 1.81. The zero-order chi connectivity index (χ0) is 17.8. The van der Waals surface area contributed by atoms with Crippen molar-refractivity contribution in [2.24, 2.45) is 7.05 Å². The van der Waals surface area contributed by atoms with Crippen molar-refractivity contribution in [3.63, 3.8) is 0 Å². The zero-order valence-electron chi connectivity index (χ0n) is 13.1. The molecule has 0 spiro atoms. The molecule has 0 saturated carbocycles. The molecule has 0 aliphatic rings. The third-order valence-electron chi connectivity index (χ3n) is 3.27. The standard InChI is InChI=1S/C15H14ClN7O2/c1-23-7-11(6-20-23)21-14-19-8-18-13(22-14)9-2-3-10(12(16)4-9)5-17-15(24)25/h2-4,6-8,17H,5H2,1H3,(H,24,25)(H,18,19,21,22). The fourth-order valence-corrected chi connectivity index (χ4v) is 2.36. The monoisotopic (exact) mass is 359 g/mol. The number of hydrogen-bond acceptors (Lipinski definition) is 6. The molecule has 3 rings (SSSR count). The molecular formula is C15H14ClN7O2. The molecule has 1 amide bonds. The Morgan fingerprint density at radius 3 is 2.88 bits per heavy atom. The van der Waals surface area contributed by atoms with E-state index >= 15 is 0 Å².